The van der Waals surface area contributed by atoms with Crippen molar-refractivity contribution >= 4 is 19.6 Å². The number of rotatable bonds is 8. The summed E-state index contributed by atoms with van der Waals surface area (Å²) in [7, 11) is 6.81. The Labute approximate surface area is 216 Å². The van der Waals surface area contributed by atoms with E-state index in [1.54, 1.807) is 0 Å². The van der Waals surface area contributed by atoms with Gasteiger partial charge in [-0.15, -0.1) is 0 Å². The maximum absolute atomic E-state index is 6.00. The van der Waals surface area contributed by atoms with Crippen LogP contribution in [0.25, 0.3) is 0 Å². The average Bonchev–Trinajstić information content (AvgIpc) is 3.24. The van der Waals surface area contributed by atoms with Crippen LogP contribution < -0.4 is 20.3 Å². The molecule has 0 amide bonds. The summed E-state index contributed by atoms with van der Waals surface area (Å²) in [6.45, 7) is 17.0. The summed E-state index contributed by atoms with van der Waals surface area (Å²) in [5.41, 5.74) is 5.80. The van der Waals surface area contributed by atoms with E-state index in [0.29, 0.717) is 12.0 Å². The maximum Gasteiger partial charge on any atom is 0.126 e. The van der Waals surface area contributed by atoms with Crippen LogP contribution in [0.5, 0.6) is 5.75 Å². The summed E-state index contributed by atoms with van der Waals surface area (Å²) in [6, 6.07) is 9.61. The summed E-state index contributed by atoms with van der Waals surface area (Å²) < 4.78 is 6.00. The van der Waals surface area contributed by atoms with Gasteiger partial charge in [-0.3, -0.25) is 4.98 Å². The van der Waals surface area contributed by atoms with E-state index in [4.69, 9.17) is 4.74 Å². The second-order valence-corrected chi connectivity index (χ2v) is 14.1. The summed E-state index contributed by atoms with van der Waals surface area (Å²) in [5.74, 6) is 1.77. The van der Waals surface area contributed by atoms with E-state index in [9.17, 15) is 0 Å². The smallest absolute Gasteiger partial charge is 0.126 e. The largest absolute Gasteiger partial charge is 0.496 e. The molecule has 1 aromatic carbocycles. The van der Waals surface area contributed by atoms with E-state index < -0.39 is 0 Å². The van der Waals surface area contributed by atoms with Crippen LogP contribution in [-0.2, 0) is 17.4 Å². The predicted octanol–water partition coefficient (Wildman–Crippen LogP) is 6.40. The van der Waals surface area contributed by atoms with Crippen molar-refractivity contribution in [2.24, 2.45) is 5.92 Å². The molecule has 1 aliphatic carbocycles. The highest BCUT2D eigenvalue weighted by atomic mass is 31.1. The molecule has 3 rings (SSSR count). The number of anilines is 1. The average molecular weight is 498 g/mol. The molecule has 1 N–H and O–H groups in total. The second-order valence-electron chi connectivity index (χ2n) is 12.5. The van der Waals surface area contributed by atoms with Crippen molar-refractivity contribution in [1.29, 1.82) is 0 Å². The van der Waals surface area contributed by atoms with Crippen LogP contribution in [0.1, 0.15) is 84.5 Å². The van der Waals surface area contributed by atoms with Gasteiger partial charge in [-0.25, -0.2) is 0 Å². The quantitative estimate of drug-likeness (QED) is 0.428. The van der Waals surface area contributed by atoms with Crippen molar-refractivity contribution in [3.8, 4) is 5.75 Å². The van der Waals surface area contributed by atoms with Gasteiger partial charge in [0.05, 0.1) is 12.8 Å². The highest BCUT2D eigenvalue weighted by Gasteiger charge is 2.33. The van der Waals surface area contributed by atoms with Crippen molar-refractivity contribution in [3.05, 3.63) is 47.3 Å². The third-order valence-corrected chi connectivity index (χ3v) is 9.10. The fraction of sp³-hybridized carbons (Fsp3) is 0.633. The molecule has 4 nitrogen and oxygen atoms in total. The first kappa shape index (κ1) is 27.9. The third-order valence-electron chi connectivity index (χ3n) is 7.39. The lowest BCUT2D eigenvalue weighted by atomic mass is 9.79. The Morgan fingerprint density at radius 2 is 1.69 bits per heavy atom. The fourth-order valence-electron chi connectivity index (χ4n) is 5.28. The summed E-state index contributed by atoms with van der Waals surface area (Å²) in [5, 5.41) is 5.31. The Morgan fingerprint density at radius 3 is 2.23 bits per heavy atom. The van der Waals surface area contributed by atoms with Gasteiger partial charge in [0.1, 0.15) is 5.75 Å². The molecule has 4 atom stereocenters. The van der Waals surface area contributed by atoms with Crippen LogP contribution in [0.4, 0.5) is 5.69 Å². The van der Waals surface area contributed by atoms with Crippen molar-refractivity contribution in [2.75, 3.05) is 26.1 Å². The number of hydrogen-bond acceptors (Lipinski definition) is 4. The molecule has 1 fully saturated rings. The van der Waals surface area contributed by atoms with Gasteiger partial charge >= 0.3 is 0 Å². The van der Waals surface area contributed by atoms with Gasteiger partial charge in [0.15, 0.2) is 0 Å². The highest BCUT2D eigenvalue weighted by molar-refractivity contribution is 7.48. The molecule has 0 radical (unpaired) electrons. The Bertz CT molecular complexity index is 955. The topological polar surface area (TPSA) is 37.4 Å². The molecule has 194 valence electrons. The summed E-state index contributed by atoms with van der Waals surface area (Å²) in [4.78, 5) is 6.72. The molecule has 1 saturated carbocycles. The lowest BCUT2D eigenvalue weighted by Gasteiger charge is -2.31. The van der Waals surface area contributed by atoms with Gasteiger partial charge in [-0.05, 0) is 71.7 Å². The van der Waals surface area contributed by atoms with E-state index in [1.807, 2.05) is 13.3 Å². The Kier molecular flexibility index (Phi) is 8.92. The standard InChI is InChI=1S/C30H48N3OP/c1-20(32-19-21-16-22(33(8)9)14-15-31-21)24-12-11-13-27(24)35-23-17-25(29(2,3)4)28(34-10)26(18-23)30(5,6)7/h14-18,20,24,27,32,35H,11-13,19H2,1-10H3/t20-,24?,27?/m0/s1. The molecule has 0 bridgehead atoms. The zero-order valence-electron chi connectivity index (χ0n) is 23.7. The van der Waals surface area contributed by atoms with Crippen LogP contribution in [-0.4, -0.2) is 37.9 Å². The molecule has 1 aromatic heterocycles. The maximum atomic E-state index is 6.00. The van der Waals surface area contributed by atoms with E-state index in [-0.39, 0.29) is 10.8 Å². The number of hydrogen-bond donors (Lipinski definition) is 1. The van der Waals surface area contributed by atoms with E-state index >= 15 is 0 Å². The van der Waals surface area contributed by atoms with Crippen molar-refractivity contribution < 1.29 is 4.74 Å². The second kappa shape index (κ2) is 11.2. The zero-order valence-corrected chi connectivity index (χ0v) is 24.7. The molecule has 2 aromatic rings. The molecule has 1 aliphatic rings. The molecule has 3 unspecified atom stereocenters. The number of ether oxygens (including phenoxy) is 1. The van der Waals surface area contributed by atoms with Crippen LogP contribution >= 0.6 is 8.58 Å². The SMILES string of the molecule is COc1c(C(C)(C)C)cc(PC2CCCC2[C@H](C)NCc2cc(N(C)C)ccn2)cc1C(C)(C)C. The monoisotopic (exact) mass is 497 g/mol. The molecular weight excluding hydrogens is 449 g/mol. The van der Waals surface area contributed by atoms with Crippen LogP contribution in [0.3, 0.4) is 0 Å². The predicted molar refractivity (Wildman–Crippen MR) is 154 cm³/mol. The molecule has 1 heterocycles. The number of benzene rings is 1. The van der Waals surface area contributed by atoms with Crippen molar-refractivity contribution in [3.63, 3.8) is 0 Å². The zero-order chi connectivity index (χ0) is 26.0. The molecule has 35 heavy (non-hydrogen) atoms. The van der Waals surface area contributed by atoms with Gasteiger partial charge < -0.3 is 15.0 Å². The number of nitrogens with zero attached hydrogens (tertiary/aromatic N) is 2. The number of pyridine rings is 1. The van der Waals surface area contributed by atoms with Crippen LogP contribution in [0, 0.1) is 5.92 Å². The Morgan fingerprint density at radius 1 is 1.06 bits per heavy atom. The molecular formula is C30H48N3OP. The van der Waals surface area contributed by atoms with Gasteiger partial charge in [0, 0.05) is 49.7 Å². The Hall–Kier alpha value is -1.64. The first-order chi connectivity index (χ1) is 16.3. The molecule has 0 saturated heterocycles. The molecule has 0 spiro atoms. The first-order valence-corrected chi connectivity index (χ1v) is 14.2. The summed E-state index contributed by atoms with van der Waals surface area (Å²) >= 11 is 0. The Balaban J connectivity index is 1.78. The van der Waals surface area contributed by atoms with Gasteiger partial charge in [0.2, 0.25) is 0 Å². The van der Waals surface area contributed by atoms with Crippen LogP contribution in [0.2, 0.25) is 0 Å². The third kappa shape index (κ3) is 6.98. The number of methoxy groups -OCH3 is 1. The van der Waals surface area contributed by atoms with E-state index in [1.165, 1.54) is 41.4 Å². The minimum absolute atomic E-state index is 0.0455. The van der Waals surface area contributed by atoms with Gasteiger partial charge in [0.25, 0.3) is 0 Å². The molecule has 5 heteroatoms. The normalized spacial score (nSPS) is 19.9. The lowest BCUT2D eigenvalue weighted by Crippen LogP contribution is -2.36. The van der Waals surface area contributed by atoms with Crippen molar-refractivity contribution in [1.82, 2.24) is 10.3 Å². The fourth-order valence-corrected chi connectivity index (χ4v) is 7.19. The van der Waals surface area contributed by atoms with Gasteiger partial charge in [-0.2, -0.15) is 0 Å². The van der Waals surface area contributed by atoms with Gasteiger partial charge in [-0.1, -0.05) is 56.5 Å². The van der Waals surface area contributed by atoms with Crippen molar-refractivity contribution in [2.45, 2.75) is 96.8 Å². The number of nitrogens with one attached hydrogen (secondary N) is 1. The molecule has 0 aliphatic heterocycles. The van der Waals surface area contributed by atoms with E-state index in [2.05, 4.69) is 102 Å². The first-order valence-electron chi connectivity index (χ1n) is 13.2. The number of aromatic nitrogens is 1. The van der Waals surface area contributed by atoms with E-state index in [0.717, 1.165) is 32.2 Å². The minimum Gasteiger partial charge on any atom is -0.496 e. The lowest BCUT2D eigenvalue weighted by molar-refractivity contribution is 0.381. The van der Waals surface area contributed by atoms with Crippen LogP contribution in [0.15, 0.2) is 30.5 Å². The minimum atomic E-state index is 0.0455. The highest BCUT2D eigenvalue weighted by Crippen LogP contribution is 2.44. The summed E-state index contributed by atoms with van der Waals surface area (Å²) in [6.07, 6.45) is 5.88.